The second kappa shape index (κ2) is 6.38. The summed E-state index contributed by atoms with van der Waals surface area (Å²) in [7, 11) is 0. The van der Waals surface area contributed by atoms with Crippen LogP contribution in [0.2, 0.25) is 0 Å². The minimum Gasteiger partial charge on any atom is -0.336 e. The summed E-state index contributed by atoms with van der Waals surface area (Å²) in [6.45, 7) is 9.10. The van der Waals surface area contributed by atoms with Gasteiger partial charge in [-0.05, 0) is 33.3 Å². The number of aryl methyl sites for hydroxylation is 1. The summed E-state index contributed by atoms with van der Waals surface area (Å²) in [5.41, 5.74) is 2.05. The SMILES string of the molecule is Cc1ccc(CNC(=O)NC2CC(=O)N(C(C)(C)C)C2)cc1. The van der Waals surface area contributed by atoms with E-state index in [-0.39, 0.29) is 23.5 Å². The number of amides is 3. The molecule has 0 spiro atoms. The summed E-state index contributed by atoms with van der Waals surface area (Å²) in [5.74, 6) is 0.0938. The van der Waals surface area contributed by atoms with E-state index in [1.807, 2.05) is 56.9 Å². The molecule has 120 valence electrons. The second-order valence-corrected chi connectivity index (χ2v) is 6.89. The zero-order valence-corrected chi connectivity index (χ0v) is 13.8. The van der Waals surface area contributed by atoms with Crippen molar-refractivity contribution in [3.05, 3.63) is 35.4 Å². The molecule has 0 aromatic heterocycles. The highest BCUT2D eigenvalue weighted by Crippen LogP contribution is 2.21. The number of hydrogen-bond donors (Lipinski definition) is 2. The average Bonchev–Trinajstić information content (AvgIpc) is 2.79. The van der Waals surface area contributed by atoms with Crippen molar-refractivity contribution >= 4 is 11.9 Å². The Labute approximate surface area is 132 Å². The fourth-order valence-corrected chi connectivity index (χ4v) is 2.58. The van der Waals surface area contributed by atoms with Gasteiger partial charge in [0, 0.05) is 25.0 Å². The molecule has 5 nitrogen and oxygen atoms in total. The number of nitrogens with zero attached hydrogens (tertiary/aromatic N) is 1. The lowest BCUT2D eigenvalue weighted by atomic mass is 10.1. The molecule has 1 aliphatic heterocycles. The lowest BCUT2D eigenvalue weighted by Crippen LogP contribution is -2.46. The Balaban J connectivity index is 1.80. The molecule has 0 saturated carbocycles. The topological polar surface area (TPSA) is 61.4 Å². The van der Waals surface area contributed by atoms with E-state index < -0.39 is 0 Å². The van der Waals surface area contributed by atoms with Crippen molar-refractivity contribution in [1.82, 2.24) is 15.5 Å². The Morgan fingerprint density at radius 1 is 1.27 bits per heavy atom. The highest BCUT2D eigenvalue weighted by molar-refractivity contribution is 5.82. The second-order valence-electron chi connectivity index (χ2n) is 6.89. The molecule has 0 radical (unpaired) electrons. The quantitative estimate of drug-likeness (QED) is 0.899. The highest BCUT2D eigenvalue weighted by atomic mass is 16.2. The van der Waals surface area contributed by atoms with Gasteiger partial charge in [0.1, 0.15) is 0 Å². The molecule has 1 aromatic carbocycles. The van der Waals surface area contributed by atoms with Crippen LogP contribution in [0.1, 0.15) is 38.3 Å². The zero-order valence-electron chi connectivity index (χ0n) is 13.8. The van der Waals surface area contributed by atoms with Gasteiger partial charge >= 0.3 is 6.03 Å². The van der Waals surface area contributed by atoms with E-state index in [9.17, 15) is 9.59 Å². The number of hydrogen-bond acceptors (Lipinski definition) is 2. The van der Waals surface area contributed by atoms with Crippen molar-refractivity contribution in [3.63, 3.8) is 0 Å². The molecule has 2 N–H and O–H groups in total. The third kappa shape index (κ3) is 4.23. The molecule has 0 aliphatic carbocycles. The molecule has 1 atom stereocenters. The Kier molecular flexibility index (Phi) is 4.74. The van der Waals surface area contributed by atoms with Crippen LogP contribution in [0.5, 0.6) is 0 Å². The maximum absolute atomic E-state index is 12.0. The van der Waals surface area contributed by atoms with Gasteiger partial charge in [0.25, 0.3) is 0 Å². The number of rotatable bonds is 3. The van der Waals surface area contributed by atoms with Crippen molar-refractivity contribution < 1.29 is 9.59 Å². The summed E-state index contributed by atoms with van der Waals surface area (Å²) in [4.78, 5) is 25.7. The molecule has 3 amide bonds. The van der Waals surface area contributed by atoms with E-state index >= 15 is 0 Å². The van der Waals surface area contributed by atoms with Gasteiger partial charge in [0.05, 0.1) is 6.04 Å². The number of likely N-dealkylation sites (tertiary alicyclic amines) is 1. The molecule has 1 unspecified atom stereocenters. The Morgan fingerprint density at radius 2 is 1.91 bits per heavy atom. The fourth-order valence-electron chi connectivity index (χ4n) is 2.58. The van der Waals surface area contributed by atoms with E-state index in [1.165, 1.54) is 5.56 Å². The molecule has 22 heavy (non-hydrogen) atoms. The predicted molar refractivity (Wildman–Crippen MR) is 86.4 cm³/mol. The van der Waals surface area contributed by atoms with E-state index in [0.717, 1.165) is 5.56 Å². The van der Waals surface area contributed by atoms with Gasteiger partial charge in [-0.3, -0.25) is 4.79 Å². The van der Waals surface area contributed by atoms with Crippen molar-refractivity contribution in [3.8, 4) is 0 Å². The lowest BCUT2D eigenvalue weighted by Gasteiger charge is -2.32. The average molecular weight is 303 g/mol. The van der Waals surface area contributed by atoms with Crippen molar-refractivity contribution in [1.29, 1.82) is 0 Å². The predicted octanol–water partition coefficient (Wildman–Crippen LogP) is 2.19. The molecule has 2 rings (SSSR count). The van der Waals surface area contributed by atoms with Crippen LogP contribution in [0.25, 0.3) is 0 Å². The standard InChI is InChI=1S/C17H25N3O2/c1-12-5-7-13(8-6-12)10-18-16(22)19-14-9-15(21)20(11-14)17(2,3)4/h5-8,14H,9-11H2,1-4H3,(H2,18,19,22). The maximum Gasteiger partial charge on any atom is 0.315 e. The number of carbonyl (C=O) groups excluding carboxylic acids is 2. The minimum atomic E-state index is -0.228. The molecule has 5 heteroatoms. The van der Waals surface area contributed by atoms with Crippen LogP contribution in [0.15, 0.2) is 24.3 Å². The number of urea groups is 1. The first-order valence-electron chi connectivity index (χ1n) is 7.66. The fraction of sp³-hybridized carbons (Fsp3) is 0.529. The van der Waals surface area contributed by atoms with Crippen molar-refractivity contribution in [2.75, 3.05) is 6.54 Å². The molecule has 1 aromatic rings. The van der Waals surface area contributed by atoms with Crippen molar-refractivity contribution in [2.45, 2.75) is 52.2 Å². The van der Waals surface area contributed by atoms with E-state index in [2.05, 4.69) is 10.6 Å². The Bertz CT molecular complexity index is 546. The largest absolute Gasteiger partial charge is 0.336 e. The van der Waals surface area contributed by atoms with Crippen LogP contribution >= 0.6 is 0 Å². The van der Waals surface area contributed by atoms with E-state index in [1.54, 1.807) is 0 Å². The van der Waals surface area contributed by atoms with Gasteiger partial charge in [-0.2, -0.15) is 0 Å². The number of benzene rings is 1. The lowest BCUT2D eigenvalue weighted by molar-refractivity contribution is -0.131. The molecule has 1 fully saturated rings. The summed E-state index contributed by atoms with van der Waals surface area (Å²) in [6.07, 6.45) is 0.370. The third-order valence-corrected chi connectivity index (χ3v) is 3.84. The number of nitrogens with one attached hydrogen (secondary N) is 2. The van der Waals surface area contributed by atoms with Crippen LogP contribution in [-0.4, -0.2) is 35.0 Å². The molecule has 0 bridgehead atoms. The van der Waals surface area contributed by atoms with Crippen LogP contribution in [0.4, 0.5) is 4.79 Å². The summed E-state index contributed by atoms with van der Waals surface area (Å²) in [5, 5.41) is 5.71. The molecular weight excluding hydrogens is 278 g/mol. The summed E-state index contributed by atoms with van der Waals surface area (Å²) < 4.78 is 0. The molecule has 1 saturated heterocycles. The summed E-state index contributed by atoms with van der Waals surface area (Å²) in [6, 6.07) is 7.68. The van der Waals surface area contributed by atoms with Gasteiger partial charge in [-0.1, -0.05) is 29.8 Å². The third-order valence-electron chi connectivity index (χ3n) is 3.84. The van der Waals surface area contributed by atoms with Crippen LogP contribution < -0.4 is 10.6 Å². The smallest absolute Gasteiger partial charge is 0.315 e. The van der Waals surface area contributed by atoms with Gasteiger partial charge in [0.2, 0.25) is 5.91 Å². The maximum atomic E-state index is 12.0. The molecule has 1 heterocycles. The summed E-state index contributed by atoms with van der Waals surface area (Å²) >= 11 is 0. The number of carbonyl (C=O) groups is 2. The highest BCUT2D eigenvalue weighted by Gasteiger charge is 2.36. The first kappa shape index (κ1) is 16.3. The van der Waals surface area contributed by atoms with Crippen LogP contribution in [0, 0.1) is 6.92 Å². The normalized spacial score (nSPS) is 18.5. The van der Waals surface area contributed by atoms with Crippen LogP contribution in [-0.2, 0) is 11.3 Å². The Morgan fingerprint density at radius 3 is 2.45 bits per heavy atom. The van der Waals surface area contributed by atoms with Gasteiger partial charge in [-0.15, -0.1) is 0 Å². The first-order chi connectivity index (χ1) is 10.3. The molecule has 1 aliphatic rings. The Hall–Kier alpha value is -2.04. The van der Waals surface area contributed by atoms with E-state index in [4.69, 9.17) is 0 Å². The van der Waals surface area contributed by atoms with Gasteiger partial charge in [-0.25, -0.2) is 4.79 Å². The van der Waals surface area contributed by atoms with Gasteiger partial charge < -0.3 is 15.5 Å². The monoisotopic (exact) mass is 303 g/mol. The van der Waals surface area contributed by atoms with E-state index in [0.29, 0.717) is 19.5 Å². The molecular formula is C17H25N3O2. The van der Waals surface area contributed by atoms with Crippen LogP contribution in [0.3, 0.4) is 0 Å². The van der Waals surface area contributed by atoms with Gasteiger partial charge in [0.15, 0.2) is 0 Å². The van der Waals surface area contributed by atoms with Crippen molar-refractivity contribution in [2.24, 2.45) is 0 Å². The minimum absolute atomic E-state index is 0.0938. The zero-order chi connectivity index (χ0) is 16.3. The first-order valence-corrected chi connectivity index (χ1v) is 7.66.